The molecule has 1 aliphatic carbocycles. The number of sulfonamides is 1. The normalized spacial score (nSPS) is 15.3. The Morgan fingerprint density at radius 2 is 2.06 bits per heavy atom. The molecule has 0 spiro atoms. The highest BCUT2D eigenvalue weighted by molar-refractivity contribution is 7.89. The molecule has 1 aromatic heterocycles. The molecule has 1 fully saturated rings. The molecular weight excluding hydrogens is 425 g/mol. The van der Waals surface area contributed by atoms with Gasteiger partial charge < -0.3 is 4.74 Å². The second-order valence-corrected chi connectivity index (χ2v) is 9.50. The van der Waals surface area contributed by atoms with Crippen LogP contribution < -0.4 is 20.7 Å². The molecule has 0 amide bonds. The number of aromatic amines is 1. The van der Waals surface area contributed by atoms with E-state index in [1.165, 1.54) is 35.0 Å². The largest absolute Gasteiger partial charge is 0.490 e. The molecule has 1 heterocycles. The van der Waals surface area contributed by atoms with E-state index >= 15 is 0 Å². The van der Waals surface area contributed by atoms with Crippen LogP contribution in [-0.2, 0) is 16.6 Å². The molecule has 1 atom stereocenters. The minimum atomic E-state index is -3.58. The van der Waals surface area contributed by atoms with E-state index in [4.69, 9.17) is 4.74 Å². The van der Waals surface area contributed by atoms with Crippen LogP contribution in [0.4, 0.5) is 4.39 Å². The van der Waals surface area contributed by atoms with E-state index in [0.29, 0.717) is 18.1 Å². The Labute approximate surface area is 179 Å². The third-order valence-electron chi connectivity index (χ3n) is 4.90. The number of allylic oxidation sites excluding steroid dienone is 2. The number of hydrogen-bond donors (Lipinski definition) is 2. The van der Waals surface area contributed by atoms with Crippen molar-refractivity contribution in [3.8, 4) is 5.75 Å². The van der Waals surface area contributed by atoms with Crippen LogP contribution in [-0.4, -0.2) is 30.3 Å². The van der Waals surface area contributed by atoms with E-state index in [2.05, 4.69) is 9.71 Å². The summed E-state index contributed by atoms with van der Waals surface area (Å²) in [5.41, 5.74) is -0.386. The van der Waals surface area contributed by atoms with Crippen LogP contribution in [0.1, 0.15) is 37.8 Å². The topological polar surface area (TPSA) is 110 Å². The minimum absolute atomic E-state index is 0.135. The lowest BCUT2D eigenvalue weighted by Crippen LogP contribution is -2.29. The maximum atomic E-state index is 13.9. The van der Waals surface area contributed by atoms with E-state index in [1.807, 2.05) is 0 Å². The predicted molar refractivity (Wildman–Crippen MR) is 115 cm³/mol. The molecule has 0 bridgehead atoms. The SMILES string of the molecule is CC(NS(=O)(=O)CC/C=C/Cn1ccc(=O)[nH]c1=O)c1ccc(F)c(OCC2CC2)c1. The van der Waals surface area contributed by atoms with Gasteiger partial charge >= 0.3 is 5.69 Å². The summed E-state index contributed by atoms with van der Waals surface area (Å²) in [7, 11) is -3.58. The van der Waals surface area contributed by atoms with Crippen molar-refractivity contribution in [2.75, 3.05) is 12.4 Å². The van der Waals surface area contributed by atoms with Crippen molar-refractivity contribution in [3.63, 3.8) is 0 Å². The summed E-state index contributed by atoms with van der Waals surface area (Å²) < 4.78 is 48.1. The lowest BCUT2D eigenvalue weighted by Gasteiger charge is -2.16. The first-order chi connectivity index (χ1) is 14.7. The number of rotatable bonds is 11. The second kappa shape index (κ2) is 10.1. The standard InChI is InChI=1S/C21H26FN3O5S/c1-15(17-7-8-18(22)19(13-17)30-14-16-5-6-16)24-31(28,29)12-4-2-3-10-25-11-9-20(26)23-21(25)27/h2-3,7-9,11,13,15-16,24H,4-6,10,12,14H2,1H3,(H,23,26,27)/b3-2+. The van der Waals surface area contributed by atoms with Crippen LogP contribution >= 0.6 is 0 Å². The number of nitrogens with zero attached hydrogens (tertiary/aromatic N) is 1. The number of H-pyrrole nitrogens is 1. The van der Waals surface area contributed by atoms with Crippen LogP contribution in [0.2, 0.25) is 0 Å². The molecule has 10 heteroatoms. The zero-order chi connectivity index (χ0) is 22.4. The Balaban J connectivity index is 1.50. The lowest BCUT2D eigenvalue weighted by molar-refractivity contribution is 0.285. The summed E-state index contributed by atoms with van der Waals surface area (Å²) in [4.78, 5) is 24.8. The number of aromatic nitrogens is 2. The van der Waals surface area contributed by atoms with Gasteiger partial charge in [0, 0.05) is 24.8 Å². The van der Waals surface area contributed by atoms with Crippen molar-refractivity contribution in [1.29, 1.82) is 0 Å². The number of benzene rings is 1. The molecule has 1 saturated carbocycles. The van der Waals surface area contributed by atoms with Gasteiger partial charge in [0.15, 0.2) is 11.6 Å². The Morgan fingerprint density at radius 3 is 2.77 bits per heavy atom. The van der Waals surface area contributed by atoms with Crippen LogP contribution in [0.5, 0.6) is 5.75 Å². The third kappa shape index (κ3) is 7.18. The average Bonchev–Trinajstić information content (AvgIpc) is 3.52. The molecule has 2 aromatic rings. The van der Waals surface area contributed by atoms with E-state index in [-0.39, 0.29) is 24.5 Å². The molecular formula is C21H26FN3O5S. The molecule has 1 aliphatic rings. The zero-order valence-corrected chi connectivity index (χ0v) is 18.0. The first-order valence-electron chi connectivity index (χ1n) is 10.1. The van der Waals surface area contributed by atoms with Crippen LogP contribution in [0, 0.1) is 11.7 Å². The lowest BCUT2D eigenvalue weighted by atomic mass is 10.1. The molecule has 3 rings (SSSR count). The van der Waals surface area contributed by atoms with Crippen molar-refractivity contribution >= 4 is 10.0 Å². The average molecular weight is 452 g/mol. The summed E-state index contributed by atoms with van der Waals surface area (Å²) in [6, 6.07) is 5.05. The highest BCUT2D eigenvalue weighted by atomic mass is 32.2. The fourth-order valence-corrected chi connectivity index (χ4v) is 4.14. The predicted octanol–water partition coefficient (Wildman–Crippen LogP) is 2.09. The number of halogens is 1. The molecule has 0 saturated heterocycles. The fraction of sp³-hybridized carbons (Fsp3) is 0.429. The van der Waals surface area contributed by atoms with E-state index in [0.717, 1.165) is 12.8 Å². The maximum absolute atomic E-state index is 13.9. The number of hydrogen-bond acceptors (Lipinski definition) is 5. The fourth-order valence-electron chi connectivity index (χ4n) is 2.91. The Kier molecular flexibility index (Phi) is 7.45. The van der Waals surface area contributed by atoms with E-state index < -0.39 is 33.1 Å². The van der Waals surface area contributed by atoms with Gasteiger partial charge in [0.1, 0.15) is 0 Å². The van der Waals surface area contributed by atoms with Crippen LogP contribution in [0.25, 0.3) is 0 Å². The Bertz CT molecular complexity index is 1150. The zero-order valence-electron chi connectivity index (χ0n) is 17.2. The van der Waals surface area contributed by atoms with Crippen molar-refractivity contribution in [2.24, 2.45) is 5.92 Å². The van der Waals surface area contributed by atoms with Crippen LogP contribution in [0.3, 0.4) is 0 Å². The van der Waals surface area contributed by atoms with Gasteiger partial charge in [-0.1, -0.05) is 18.2 Å². The van der Waals surface area contributed by atoms with Gasteiger partial charge in [-0.2, -0.15) is 0 Å². The summed E-state index contributed by atoms with van der Waals surface area (Å²) >= 11 is 0. The molecule has 168 valence electrons. The molecule has 1 aromatic carbocycles. The van der Waals surface area contributed by atoms with Gasteiger partial charge in [-0.15, -0.1) is 0 Å². The van der Waals surface area contributed by atoms with E-state index in [1.54, 1.807) is 19.1 Å². The van der Waals surface area contributed by atoms with Crippen molar-refractivity contribution in [1.82, 2.24) is 14.3 Å². The monoisotopic (exact) mass is 451 g/mol. The van der Waals surface area contributed by atoms with Gasteiger partial charge in [-0.05, 0) is 49.8 Å². The summed E-state index contributed by atoms with van der Waals surface area (Å²) in [6.07, 6.45) is 7.11. The maximum Gasteiger partial charge on any atom is 0.328 e. The highest BCUT2D eigenvalue weighted by Gasteiger charge is 2.23. The minimum Gasteiger partial charge on any atom is -0.490 e. The summed E-state index contributed by atoms with van der Waals surface area (Å²) in [5, 5.41) is 0. The van der Waals surface area contributed by atoms with Crippen molar-refractivity contribution in [2.45, 2.75) is 38.8 Å². The highest BCUT2D eigenvalue weighted by Crippen LogP contribution is 2.31. The van der Waals surface area contributed by atoms with Gasteiger partial charge in [-0.25, -0.2) is 22.3 Å². The van der Waals surface area contributed by atoms with Gasteiger partial charge in [0.2, 0.25) is 10.0 Å². The van der Waals surface area contributed by atoms with Gasteiger partial charge in [-0.3, -0.25) is 14.3 Å². The first kappa shape index (κ1) is 23.0. The first-order valence-corrected chi connectivity index (χ1v) is 11.8. The Morgan fingerprint density at radius 1 is 1.29 bits per heavy atom. The summed E-state index contributed by atoms with van der Waals surface area (Å²) in [6.45, 7) is 2.38. The van der Waals surface area contributed by atoms with Gasteiger partial charge in [0.05, 0.1) is 12.4 Å². The third-order valence-corrected chi connectivity index (χ3v) is 6.39. The second-order valence-electron chi connectivity index (χ2n) is 7.63. The Hall–Kier alpha value is -2.72. The molecule has 0 aliphatic heterocycles. The quantitative estimate of drug-likeness (QED) is 0.509. The molecule has 1 unspecified atom stereocenters. The number of nitrogens with one attached hydrogen (secondary N) is 2. The number of ether oxygens (including phenoxy) is 1. The molecule has 2 N–H and O–H groups in total. The molecule has 31 heavy (non-hydrogen) atoms. The van der Waals surface area contributed by atoms with Gasteiger partial charge in [0.25, 0.3) is 5.56 Å². The smallest absolute Gasteiger partial charge is 0.328 e. The van der Waals surface area contributed by atoms with Crippen molar-refractivity contribution in [3.05, 3.63) is 74.8 Å². The molecule has 8 nitrogen and oxygen atoms in total. The van der Waals surface area contributed by atoms with Crippen molar-refractivity contribution < 1.29 is 17.5 Å². The molecule has 0 radical (unpaired) electrons. The van der Waals surface area contributed by atoms with Crippen LogP contribution in [0.15, 0.2) is 52.2 Å². The van der Waals surface area contributed by atoms with E-state index in [9.17, 15) is 22.4 Å². The summed E-state index contributed by atoms with van der Waals surface area (Å²) in [5.74, 6) is 0.0116.